The van der Waals surface area contributed by atoms with Gasteiger partial charge >= 0.3 is 0 Å². The van der Waals surface area contributed by atoms with Crippen LogP contribution < -0.4 is 21.3 Å². The predicted molar refractivity (Wildman–Crippen MR) is 174 cm³/mol. The van der Waals surface area contributed by atoms with E-state index in [0.29, 0.717) is 17.0 Å². The van der Waals surface area contributed by atoms with E-state index in [1.54, 1.807) is 19.1 Å². The van der Waals surface area contributed by atoms with E-state index in [4.69, 9.17) is 11.6 Å². The zero-order chi connectivity index (χ0) is 31.4. The summed E-state index contributed by atoms with van der Waals surface area (Å²) in [6.45, 7) is 8.44. The van der Waals surface area contributed by atoms with Gasteiger partial charge in [-0.25, -0.2) is 0 Å². The Morgan fingerprint density at radius 1 is 0.977 bits per heavy atom. The Kier molecular flexibility index (Phi) is 14.0. The first-order valence-corrected chi connectivity index (χ1v) is 16.0. The van der Waals surface area contributed by atoms with E-state index in [1.807, 2.05) is 51.2 Å². The molecule has 0 aliphatic heterocycles. The van der Waals surface area contributed by atoms with Gasteiger partial charge in [0, 0.05) is 29.1 Å². The van der Waals surface area contributed by atoms with E-state index in [-0.39, 0.29) is 35.6 Å². The van der Waals surface area contributed by atoms with E-state index in [2.05, 4.69) is 39.3 Å². The number of hydrogen-bond donors (Lipinski definition) is 4. The van der Waals surface area contributed by atoms with Crippen molar-refractivity contribution in [2.75, 3.05) is 27.2 Å². The van der Waals surface area contributed by atoms with Gasteiger partial charge in [-0.15, -0.1) is 0 Å². The van der Waals surface area contributed by atoms with Crippen LogP contribution in [0.3, 0.4) is 0 Å². The van der Waals surface area contributed by atoms with Gasteiger partial charge in [0.15, 0.2) is 0 Å². The van der Waals surface area contributed by atoms with E-state index < -0.39 is 12.1 Å². The third kappa shape index (κ3) is 11.2. The number of hydrogen-bond acceptors (Lipinski definition) is 5. The summed E-state index contributed by atoms with van der Waals surface area (Å²) in [6.07, 6.45) is 5.56. The highest BCUT2D eigenvalue weighted by Crippen LogP contribution is 2.34. The zero-order valence-corrected chi connectivity index (χ0v) is 27.2. The van der Waals surface area contributed by atoms with E-state index in [1.165, 1.54) is 0 Å². The quantitative estimate of drug-likeness (QED) is 0.215. The number of halogens is 1. The Morgan fingerprint density at radius 3 is 2.37 bits per heavy atom. The van der Waals surface area contributed by atoms with Crippen LogP contribution in [-0.2, 0) is 16.1 Å². The fourth-order valence-electron chi connectivity index (χ4n) is 5.75. The van der Waals surface area contributed by atoms with Crippen molar-refractivity contribution in [3.63, 3.8) is 0 Å². The molecule has 4 N–H and O–H groups in total. The molecule has 2 aromatic carbocycles. The van der Waals surface area contributed by atoms with Crippen LogP contribution in [0.5, 0.6) is 0 Å². The van der Waals surface area contributed by atoms with Crippen molar-refractivity contribution in [1.29, 1.82) is 0 Å². The summed E-state index contributed by atoms with van der Waals surface area (Å²) < 4.78 is 0. The Bertz CT molecular complexity index is 1190. The Hall–Kier alpha value is -2.94. The van der Waals surface area contributed by atoms with Gasteiger partial charge in [0.05, 0.1) is 0 Å². The van der Waals surface area contributed by atoms with Crippen LogP contribution in [0.4, 0.5) is 0 Å². The Morgan fingerprint density at radius 2 is 1.70 bits per heavy atom. The first-order valence-electron chi connectivity index (χ1n) is 15.7. The van der Waals surface area contributed by atoms with Gasteiger partial charge in [0.2, 0.25) is 11.8 Å². The zero-order valence-electron chi connectivity index (χ0n) is 26.4. The second-order valence-electron chi connectivity index (χ2n) is 12.3. The van der Waals surface area contributed by atoms with Gasteiger partial charge in [-0.1, -0.05) is 62.6 Å². The first-order chi connectivity index (χ1) is 20.6. The number of benzene rings is 2. The molecule has 1 saturated carbocycles. The molecule has 0 spiro atoms. The van der Waals surface area contributed by atoms with Crippen LogP contribution in [0.1, 0.15) is 86.7 Å². The molecule has 3 rings (SSSR count). The molecule has 0 radical (unpaired) electrons. The van der Waals surface area contributed by atoms with Gasteiger partial charge < -0.3 is 26.2 Å². The van der Waals surface area contributed by atoms with Gasteiger partial charge in [0.25, 0.3) is 5.91 Å². The van der Waals surface area contributed by atoms with Gasteiger partial charge in [-0.3, -0.25) is 14.4 Å². The van der Waals surface area contributed by atoms with Gasteiger partial charge in [-0.2, -0.15) is 0 Å². The second-order valence-corrected chi connectivity index (χ2v) is 12.8. The lowest BCUT2D eigenvalue weighted by atomic mass is 9.80. The molecule has 1 aliphatic carbocycles. The minimum Gasteiger partial charge on any atom is -0.351 e. The average molecular weight is 612 g/mol. The number of amides is 3. The molecular weight excluding hydrogens is 562 g/mol. The molecule has 4 atom stereocenters. The molecule has 43 heavy (non-hydrogen) atoms. The fraction of sp³-hybridized carbons (Fsp3) is 0.559. The highest BCUT2D eigenvalue weighted by Gasteiger charge is 2.32. The SMILES string of the molecule is CNCCCN(C)Cc1ccc(C(=O)N[C@@H](C)C(=O)N[C@@H](CC(C)C)C(=O)NC2CCCC[C@H]2c2cccc(Cl)c2)cc1. The molecule has 3 amide bonds. The van der Waals surface area contributed by atoms with Crippen molar-refractivity contribution in [1.82, 2.24) is 26.2 Å². The monoisotopic (exact) mass is 611 g/mol. The van der Waals surface area contributed by atoms with Crippen molar-refractivity contribution >= 4 is 29.3 Å². The first kappa shape index (κ1) is 34.5. The van der Waals surface area contributed by atoms with Gasteiger partial charge in [-0.05, 0) is 101 Å². The minimum atomic E-state index is -0.804. The van der Waals surface area contributed by atoms with Crippen molar-refractivity contribution in [2.45, 2.75) is 89.9 Å². The van der Waals surface area contributed by atoms with Crippen molar-refractivity contribution in [2.24, 2.45) is 5.92 Å². The third-order valence-corrected chi connectivity index (χ3v) is 8.32. The summed E-state index contributed by atoms with van der Waals surface area (Å²) in [5.74, 6) is -0.532. The predicted octanol–water partition coefficient (Wildman–Crippen LogP) is 4.87. The van der Waals surface area contributed by atoms with Crippen LogP contribution in [0, 0.1) is 5.92 Å². The number of nitrogens with zero attached hydrogens (tertiary/aromatic N) is 1. The number of carbonyl (C=O) groups excluding carboxylic acids is 3. The minimum absolute atomic E-state index is 0.0282. The van der Waals surface area contributed by atoms with Crippen LogP contribution in [0.2, 0.25) is 5.02 Å². The van der Waals surface area contributed by atoms with Gasteiger partial charge in [0.1, 0.15) is 12.1 Å². The van der Waals surface area contributed by atoms with Crippen molar-refractivity contribution in [3.8, 4) is 0 Å². The lowest BCUT2D eigenvalue weighted by molar-refractivity contribution is -0.130. The molecule has 9 heteroatoms. The summed E-state index contributed by atoms with van der Waals surface area (Å²) in [6, 6.07) is 13.8. The fourth-order valence-corrected chi connectivity index (χ4v) is 5.95. The smallest absolute Gasteiger partial charge is 0.251 e. The molecule has 8 nitrogen and oxygen atoms in total. The largest absolute Gasteiger partial charge is 0.351 e. The maximum absolute atomic E-state index is 13.5. The van der Waals surface area contributed by atoms with Crippen molar-refractivity contribution < 1.29 is 14.4 Å². The molecule has 1 unspecified atom stereocenters. The number of carbonyl (C=O) groups is 3. The third-order valence-electron chi connectivity index (χ3n) is 8.09. The molecule has 0 saturated heterocycles. The Balaban J connectivity index is 1.57. The maximum Gasteiger partial charge on any atom is 0.251 e. The lowest BCUT2D eigenvalue weighted by Gasteiger charge is -2.34. The van der Waals surface area contributed by atoms with E-state index >= 15 is 0 Å². The summed E-state index contributed by atoms with van der Waals surface area (Å²) in [4.78, 5) is 41.9. The van der Waals surface area contributed by atoms with Crippen LogP contribution >= 0.6 is 11.6 Å². The van der Waals surface area contributed by atoms with Crippen LogP contribution in [0.15, 0.2) is 48.5 Å². The molecule has 1 fully saturated rings. The molecule has 1 aliphatic rings. The molecule has 2 aromatic rings. The summed E-state index contributed by atoms with van der Waals surface area (Å²) in [5.41, 5.74) is 2.73. The number of rotatable bonds is 15. The molecule has 0 heterocycles. The standard InChI is InChI=1S/C34H50ClN5O3/c1-23(2)20-31(34(43)38-30-13-7-6-12-29(30)27-10-8-11-28(35)21-27)39-32(41)24(3)37-33(42)26-16-14-25(15-17-26)22-40(5)19-9-18-36-4/h8,10-11,14-17,21,23-24,29-31,36H,6-7,9,12-13,18-20,22H2,1-5H3,(H,37,42)(H,38,43)(H,39,41)/t24-,29-,30?,31-/m0/s1. The normalized spacial score (nSPS) is 18.2. The highest BCUT2D eigenvalue weighted by atomic mass is 35.5. The summed E-state index contributed by atoms with van der Waals surface area (Å²) in [5, 5.41) is 12.8. The molecular formula is C34H50ClN5O3. The summed E-state index contributed by atoms with van der Waals surface area (Å²) in [7, 11) is 4.03. The highest BCUT2D eigenvalue weighted by molar-refractivity contribution is 6.30. The Labute approximate surface area is 262 Å². The van der Waals surface area contributed by atoms with Crippen LogP contribution in [-0.4, -0.2) is 67.9 Å². The second kappa shape index (κ2) is 17.4. The van der Waals surface area contributed by atoms with Crippen molar-refractivity contribution in [3.05, 3.63) is 70.2 Å². The molecule has 236 valence electrons. The van der Waals surface area contributed by atoms with E-state index in [0.717, 1.165) is 62.9 Å². The molecule has 0 bridgehead atoms. The lowest BCUT2D eigenvalue weighted by Crippen LogP contribution is -2.55. The van der Waals surface area contributed by atoms with Crippen LogP contribution in [0.25, 0.3) is 0 Å². The summed E-state index contributed by atoms with van der Waals surface area (Å²) >= 11 is 6.26. The molecule has 0 aromatic heterocycles. The average Bonchev–Trinajstić information content (AvgIpc) is 2.97. The van der Waals surface area contributed by atoms with E-state index in [9.17, 15) is 14.4 Å². The maximum atomic E-state index is 13.5. The topological polar surface area (TPSA) is 103 Å². The number of nitrogens with one attached hydrogen (secondary N) is 4.